The molecule has 0 aliphatic carbocycles. The second-order valence-corrected chi connectivity index (χ2v) is 6.52. The monoisotopic (exact) mass is 435 g/mol. The zero-order valence-corrected chi connectivity index (χ0v) is 15.6. The van der Waals surface area contributed by atoms with E-state index in [0.717, 1.165) is 11.7 Å². The number of alkyl halides is 3. The van der Waals surface area contributed by atoms with Crippen molar-refractivity contribution in [3.8, 4) is 0 Å². The van der Waals surface area contributed by atoms with Crippen LogP contribution in [-0.4, -0.2) is 25.5 Å². The van der Waals surface area contributed by atoms with Crippen LogP contribution in [0.5, 0.6) is 0 Å². The number of aryl methyl sites for hydroxylation is 1. The van der Waals surface area contributed by atoms with Crippen molar-refractivity contribution in [1.29, 1.82) is 0 Å². The molecule has 0 spiro atoms. The van der Waals surface area contributed by atoms with Gasteiger partial charge in [-0.1, -0.05) is 35.3 Å². The summed E-state index contributed by atoms with van der Waals surface area (Å²) in [5.74, 6) is -1.47. The van der Waals surface area contributed by atoms with Crippen molar-refractivity contribution in [2.24, 2.45) is 7.05 Å². The largest absolute Gasteiger partial charge is 0.436 e. The van der Waals surface area contributed by atoms with Crippen LogP contribution in [0.2, 0.25) is 10.0 Å². The Bertz CT molecular complexity index is 1040. The fourth-order valence-electron chi connectivity index (χ4n) is 2.48. The number of hydrogen-bond donors (Lipinski definition) is 1. The molecule has 1 aromatic carbocycles. The third-order valence-corrected chi connectivity index (χ3v) is 4.29. The molecule has 12 heteroatoms. The molecule has 0 bridgehead atoms. The number of carbonyl (C=O) groups is 1. The van der Waals surface area contributed by atoms with Crippen LogP contribution in [0.1, 0.15) is 21.7 Å². The van der Waals surface area contributed by atoms with Gasteiger partial charge in [0.25, 0.3) is 5.91 Å². The van der Waals surface area contributed by atoms with Crippen molar-refractivity contribution in [3.05, 3.63) is 63.3 Å². The van der Waals surface area contributed by atoms with Crippen LogP contribution in [0.4, 0.5) is 23.4 Å². The third kappa shape index (κ3) is 4.12. The van der Waals surface area contributed by atoms with E-state index in [1.165, 1.54) is 29.1 Å². The first kappa shape index (κ1) is 20.2. The highest BCUT2D eigenvalue weighted by atomic mass is 35.5. The molecule has 6 nitrogen and oxygen atoms in total. The highest BCUT2D eigenvalue weighted by Crippen LogP contribution is 2.35. The summed E-state index contributed by atoms with van der Waals surface area (Å²) >= 11 is 11.7. The lowest BCUT2D eigenvalue weighted by molar-refractivity contribution is -0.141. The van der Waals surface area contributed by atoms with Crippen LogP contribution in [0.25, 0.3) is 0 Å². The molecular formula is C16H11Cl2F4N5O. The highest BCUT2D eigenvalue weighted by Gasteiger charge is 2.39. The van der Waals surface area contributed by atoms with Gasteiger partial charge in [-0.3, -0.25) is 14.2 Å². The molecule has 1 amide bonds. The Balaban J connectivity index is 1.82. The molecule has 0 radical (unpaired) electrons. The van der Waals surface area contributed by atoms with Crippen LogP contribution < -0.4 is 5.32 Å². The quantitative estimate of drug-likeness (QED) is 0.618. The molecule has 148 valence electrons. The molecule has 1 N–H and O–H groups in total. The number of halogens is 6. The van der Waals surface area contributed by atoms with Gasteiger partial charge in [-0.2, -0.15) is 23.4 Å². The number of rotatable bonds is 4. The van der Waals surface area contributed by atoms with Gasteiger partial charge in [-0.25, -0.2) is 4.39 Å². The fraction of sp³-hybridized carbons (Fsp3) is 0.188. The predicted octanol–water partition coefficient (Wildman–Crippen LogP) is 4.38. The number of amides is 1. The SMILES string of the molecule is Cn1nc(C(F)(F)F)c(Cl)c1C(=O)Nc1nn(Cc2cccc(F)c2)cc1Cl. The Labute approximate surface area is 165 Å². The summed E-state index contributed by atoms with van der Waals surface area (Å²) < 4.78 is 54.0. The number of anilines is 1. The summed E-state index contributed by atoms with van der Waals surface area (Å²) in [6, 6.07) is 5.80. The number of benzene rings is 1. The molecule has 3 rings (SSSR count). The lowest BCUT2D eigenvalue weighted by atomic mass is 10.2. The second-order valence-electron chi connectivity index (χ2n) is 5.74. The number of nitrogens with zero attached hydrogens (tertiary/aromatic N) is 4. The Morgan fingerprint density at radius 2 is 1.96 bits per heavy atom. The topological polar surface area (TPSA) is 64.7 Å². The molecule has 0 saturated heterocycles. The summed E-state index contributed by atoms with van der Waals surface area (Å²) in [5.41, 5.74) is -1.27. The molecule has 28 heavy (non-hydrogen) atoms. The van der Waals surface area contributed by atoms with Crippen molar-refractivity contribution < 1.29 is 22.4 Å². The van der Waals surface area contributed by atoms with Gasteiger partial charge in [0.2, 0.25) is 0 Å². The first-order valence-corrected chi connectivity index (χ1v) is 8.40. The smallest absolute Gasteiger partial charge is 0.302 e. The average molecular weight is 436 g/mol. The van der Waals surface area contributed by atoms with Crippen molar-refractivity contribution in [2.75, 3.05) is 5.32 Å². The van der Waals surface area contributed by atoms with Crippen LogP contribution in [0.3, 0.4) is 0 Å². The van der Waals surface area contributed by atoms with Crippen molar-refractivity contribution in [2.45, 2.75) is 12.7 Å². The van der Waals surface area contributed by atoms with Gasteiger partial charge < -0.3 is 5.32 Å². The first-order valence-electron chi connectivity index (χ1n) is 7.64. The lowest BCUT2D eigenvalue weighted by Crippen LogP contribution is -2.17. The third-order valence-electron chi connectivity index (χ3n) is 3.66. The minimum Gasteiger partial charge on any atom is -0.302 e. The van der Waals surface area contributed by atoms with E-state index in [9.17, 15) is 22.4 Å². The maximum atomic E-state index is 13.3. The second kappa shape index (κ2) is 7.44. The van der Waals surface area contributed by atoms with E-state index in [-0.39, 0.29) is 17.4 Å². The van der Waals surface area contributed by atoms with Gasteiger partial charge in [0.05, 0.1) is 6.54 Å². The van der Waals surface area contributed by atoms with Gasteiger partial charge in [0.1, 0.15) is 21.6 Å². The van der Waals surface area contributed by atoms with Crippen molar-refractivity contribution in [3.63, 3.8) is 0 Å². The van der Waals surface area contributed by atoms with Gasteiger partial charge in [-0.15, -0.1) is 0 Å². The molecule has 2 heterocycles. The summed E-state index contributed by atoms with van der Waals surface area (Å²) in [5, 5.41) is 8.80. The first-order chi connectivity index (χ1) is 13.1. The molecule has 0 aliphatic rings. The molecule has 0 saturated carbocycles. The number of carbonyl (C=O) groups excluding carboxylic acids is 1. The Hall–Kier alpha value is -2.59. The maximum absolute atomic E-state index is 13.3. The molecule has 2 aromatic heterocycles. The van der Waals surface area contributed by atoms with Crippen LogP contribution in [0, 0.1) is 5.82 Å². The molecule has 0 unspecified atom stereocenters. The minimum absolute atomic E-state index is 0.0408. The summed E-state index contributed by atoms with van der Waals surface area (Å²) in [6.07, 6.45) is -3.42. The average Bonchev–Trinajstić information content (AvgIpc) is 3.06. The lowest BCUT2D eigenvalue weighted by Gasteiger charge is -2.04. The highest BCUT2D eigenvalue weighted by molar-refractivity contribution is 6.36. The van der Waals surface area contributed by atoms with Crippen LogP contribution >= 0.6 is 23.2 Å². The van der Waals surface area contributed by atoms with Gasteiger partial charge in [0, 0.05) is 13.2 Å². The summed E-state index contributed by atoms with van der Waals surface area (Å²) in [6.45, 7) is 0.165. The standard InChI is InChI=1S/C16H11Cl2F4N5O/c1-26-12(11(18)13(24-26)16(20,21)22)15(28)23-14-10(17)7-27(25-14)6-8-3-2-4-9(19)5-8/h2-5,7H,6H2,1H3,(H,23,25,28). The zero-order chi connectivity index (χ0) is 20.6. The number of aromatic nitrogens is 4. The van der Waals surface area contributed by atoms with E-state index in [1.54, 1.807) is 6.07 Å². The predicted molar refractivity (Wildman–Crippen MR) is 93.9 cm³/mol. The molecule has 0 aliphatic heterocycles. The minimum atomic E-state index is -4.81. The van der Waals surface area contributed by atoms with Gasteiger partial charge in [0.15, 0.2) is 11.5 Å². The van der Waals surface area contributed by atoms with E-state index in [2.05, 4.69) is 15.5 Å². The molecular weight excluding hydrogens is 425 g/mol. The normalized spacial score (nSPS) is 11.7. The Morgan fingerprint density at radius 3 is 2.57 bits per heavy atom. The van der Waals surface area contributed by atoms with E-state index >= 15 is 0 Å². The van der Waals surface area contributed by atoms with E-state index in [1.807, 2.05) is 0 Å². The number of hydrogen-bond acceptors (Lipinski definition) is 3. The van der Waals surface area contributed by atoms with Crippen molar-refractivity contribution in [1.82, 2.24) is 19.6 Å². The Morgan fingerprint density at radius 1 is 1.25 bits per heavy atom. The summed E-state index contributed by atoms with van der Waals surface area (Å²) in [7, 11) is 1.15. The fourth-order valence-corrected chi connectivity index (χ4v) is 3.03. The van der Waals surface area contributed by atoms with Crippen molar-refractivity contribution >= 4 is 34.9 Å². The van der Waals surface area contributed by atoms with Gasteiger partial charge >= 0.3 is 6.18 Å². The van der Waals surface area contributed by atoms with Gasteiger partial charge in [-0.05, 0) is 17.7 Å². The van der Waals surface area contributed by atoms with Crippen LogP contribution in [0.15, 0.2) is 30.5 Å². The van der Waals surface area contributed by atoms with E-state index < -0.39 is 34.3 Å². The maximum Gasteiger partial charge on any atom is 0.436 e. The van der Waals surface area contributed by atoms with E-state index in [0.29, 0.717) is 5.56 Å². The van der Waals surface area contributed by atoms with Crippen LogP contribution in [-0.2, 0) is 19.8 Å². The Kier molecular flexibility index (Phi) is 5.35. The summed E-state index contributed by atoms with van der Waals surface area (Å²) in [4.78, 5) is 12.4. The van der Waals surface area contributed by atoms with E-state index in [4.69, 9.17) is 23.2 Å². The molecule has 0 fully saturated rings. The molecule has 0 atom stereocenters. The zero-order valence-electron chi connectivity index (χ0n) is 14.1. The molecule has 3 aromatic rings. The number of nitrogens with one attached hydrogen (secondary N) is 1.